The van der Waals surface area contributed by atoms with Crippen LogP contribution in [0.4, 0.5) is 0 Å². The number of carboxylic acids is 1. The zero-order valence-corrected chi connectivity index (χ0v) is 28.4. The van der Waals surface area contributed by atoms with Crippen LogP contribution in [0, 0.1) is 62.6 Å². The molecule has 5 aliphatic rings. The van der Waals surface area contributed by atoms with Gasteiger partial charge in [0.2, 0.25) is 0 Å². The number of carboxylic acid groups (broad SMARTS) is 1. The van der Waals surface area contributed by atoms with Crippen LogP contribution in [0.2, 0.25) is 0 Å². The van der Waals surface area contributed by atoms with Crippen LogP contribution in [0.3, 0.4) is 0 Å². The van der Waals surface area contributed by atoms with Gasteiger partial charge in [0.15, 0.2) is 0 Å². The van der Waals surface area contributed by atoms with E-state index in [-0.39, 0.29) is 58.0 Å². The average molecular weight is 601 g/mol. The van der Waals surface area contributed by atoms with Gasteiger partial charge in [-0.3, -0.25) is 14.4 Å². The van der Waals surface area contributed by atoms with E-state index in [0.29, 0.717) is 42.1 Å². The molecular weight excluding hydrogens is 540 g/mol. The third-order valence-electron chi connectivity index (χ3n) is 15.2. The number of fused-ring (bicyclic) bond motifs is 7. The standard InChI is InChI=1S/C37H60O6/c1-23(2)25-13-18-37(21-22-42-31(41)12-11-30(39)40)20-19-35(7)26(32(25)37)9-10-28-34(6)16-15-29(43-24(3)38)33(4,5)27(34)14-17-36(28,35)8/h23,25-29,32H,9-22H2,1-8H3,(H,39,40)/t25-,26-,27-,28+,29+,32-,34-,35-,36+,37+/m1/s1. The van der Waals surface area contributed by atoms with Gasteiger partial charge in [-0.2, -0.15) is 0 Å². The van der Waals surface area contributed by atoms with Crippen LogP contribution in [0.15, 0.2) is 0 Å². The number of rotatable bonds is 8. The smallest absolute Gasteiger partial charge is 0.306 e. The highest BCUT2D eigenvalue weighted by Gasteiger charge is 2.71. The SMILES string of the molecule is CC(=O)O[C@H]1CC[C@]2(C)[C@H](CC[C@@]3(C)[C@H]2CC[C@@H]2[C@H]4[C@@H](C(C)C)CC[C@@]4(CCOC(=O)CCC(=O)O)CC[C@]23C)C1(C)C. The van der Waals surface area contributed by atoms with Gasteiger partial charge >= 0.3 is 17.9 Å². The predicted molar refractivity (Wildman–Crippen MR) is 167 cm³/mol. The minimum absolute atomic E-state index is 0.0122. The third kappa shape index (κ3) is 5.17. The van der Waals surface area contributed by atoms with E-state index in [1.807, 2.05) is 0 Å². The molecule has 0 unspecified atom stereocenters. The van der Waals surface area contributed by atoms with Gasteiger partial charge in [-0.05, 0) is 128 Å². The van der Waals surface area contributed by atoms with Gasteiger partial charge in [-0.25, -0.2) is 0 Å². The van der Waals surface area contributed by atoms with Crippen LogP contribution in [0.1, 0.15) is 139 Å². The van der Waals surface area contributed by atoms with Crippen molar-refractivity contribution in [2.45, 2.75) is 145 Å². The molecule has 0 aromatic heterocycles. The number of hydrogen-bond donors (Lipinski definition) is 1. The van der Waals surface area contributed by atoms with Crippen molar-refractivity contribution in [3.8, 4) is 0 Å². The first-order valence-electron chi connectivity index (χ1n) is 17.6. The molecule has 0 bridgehead atoms. The Balaban J connectivity index is 1.40. The second kappa shape index (κ2) is 11.3. The van der Waals surface area contributed by atoms with Gasteiger partial charge in [0.05, 0.1) is 19.4 Å². The van der Waals surface area contributed by atoms with Crippen molar-refractivity contribution in [2.24, 2.45) is 62.6 Å². The van der Waals surface area contributed by atoms with Crippen molar-refractivity contribution < 1.29 is 29.0 Å². The molecule has 5 saturated carbocycles. The summed E-state index contributed by atoms with van der Waals surface area (Å²) in [6.07, 6.45) is 12.9. The van der Waals surface area contributed by atoms with Gasteiger partial charge < -0.3 is 14.6 Å². The second-order valence-corrected chi connectivity index (χ2v) is 17.3. The van der Waals surface area contributed by atoms with Crippen molar-refractivity contribution in [3.05, 3.63) is 0 Å². The number of carbonyl (C=O) groups is 3. The Labute approximate surface area is 260 Å². The van der Waals surface area contributed by atoms with Crippen molar-refractivity contribution in [3.63, 3.8) is 0 Å². The molecule has 0 spiro atoms. The van der Waals surface area contributed by atoms with Crippen LogP contribution in [-0.2, 0) is 23.9 Å². The molecule has 244 valence electrons. The van der Waals surface area contributed by atoms with Crippen molar-refractivity contribution in [2.75, 3.05) is 6.61 Å². The normalized spacial score (nSPS) is 44.9. The monoisotopic (exact) mass is 600 g/mol. The van der Waals surface area contributed by atoms with Crippen LogP contribution in [-0.4, -0.2) is 35.7 Å². The highest BCUT2D eigenvalue weighted by Crippen LogP contribution is 2.78. The quantitative estimate of drug-likeness (QED) is 0.281. The highest BCUT2D eigenvalue weighted by atomic mass is 16.5. The number of carbonyl (C=O) groups excluding carboxylic acids is 2. The van der Waals surface area contributed by atoms with E-state index in [4.69, 9.17) is 14.6 Å². The molecule has 0 radical (unpaired) electrons. The summed E-state index contributed by atoms with van der Waals surface area (Å²) in [5.74, 6) is 2.45. The fourth-order valence-corrected chi connectivity index (χ4v) is 13.0. The lowest BCUT2D eigenvalue weighted by atomic mass is 9.32. The minimum Gasteiger partial charge on any atom is -0.481 e. The first-order chi connectivity index (χ1) is 20.0. The lowest BCUT2D eigenvalue weighted by molar-refractivity contribution is -0.252. The summed E-state index contributed by atoms with van der Waals surface area (Å²) in [7, 11) is 0. The van der Waals surface area contributed by atoms with E-state index in [0.717, 1.165) is 19.3 Å². The number of hydrogen-bond acceptors (Lipinski definition) is 5. The molecule has 0 aromatic rings. The first-order valence-corrected chi connectivity index (χ1v) is 17.6. The Bertz CT molecular complexity index is 1100. The van der Waals surface area contributed by atoms with Gasteiger partial charge in [-0.15, -0.1) is 0 Å². The molecule has 0 heterocycles. The topological polar surface area (TPSA) is 89.9 Å². The van der Waals surface area contributed by atoms with Crippen LogP contribution in [0.25, 0.3) is 0 Å². The first kappa shape index (κ1) is 32.8. The Morgan fingerprint density at radius 1 is 0.814 bits per heavy atom. The van der Waals surface area contributed by atoms with Crippen LogP contribution >= 0.6 is 0 Å². The number of esters is 2. The van der Waals surface area contributed by atoms with Gasteiger partial charge in [0.1, 0.15) is 6.10 Å². The summed E-state index contributed by atoms with van der Waals surface area (Å²) >= 11 is 0. The predicted octanol–water partition coefficient (Wildman–Crippen LogP) is 8.45. The zero-order valence-electron chi connectivity index (χ0n) is 28.4. The molecule has 10 atom stereocenters. The van der Waals surface area contributed by atoms with Crippen LogP contribution < -0.4 is 0 Å². The molecule has 5 aliphatic carbocycles. The fourth-order valence-electron chi connectivity index (χ4n) is 13.0. The molecule has 0 saturated heterocycles. The van der Waals surface area contributed by atoms with E-state index in [1.165, 1.54) is 51.4 Å². The molecule has 6 heteroatoms. The third-order valence-corrected chi connectivity index (χ3v) is 15.2. The van der Waals surface area contributed by atoms with E-state index in [2.05, 4.69) is 48.5 Å². The number of ether oxygens (including phenoxy) is 2. The molecule has 6 nitrogen and oxygen atoms in total. The Morgan fingerprint density at radius 3 is 2.19 bits per heavy atom. The highest BCUT2D eigenvalue weighted by molar-refractivity contribution is 5.76. The maximum Gasteiger partial charge on any atom is 0.306 e. The van der Waals surface area contributed by atoms with Gasteiger partial charge in [0.25, 0.3) is 0 Å². The zero-order chi connectivity index (χ0) is 31.6. The largest absolute Gasteiger partial charge is 0.481 e. The van der Waals surface area contributed by atoms with E-state index < -0.39 is 5.97 Å². The lowest BCUT2D eigenvalue weighted by Crippen LogP contribution is -2.66. The molecule has 43 heavy (non-hydrogen) atoms. The number of aliphatic carboxylic acids is 1. The maximum atomic E-state index is 12.3. The van der Waals surface area contributed by atoms with Gasteiger partial charge in [0, 0.05) is 12.3 Å². The molecule has 0 amide bonds. The van der Waals surface area contributed by atoms with E-state index in [1.54, 1.807) is 6.92 Å². The summed E-state index contributed by atoms with van der Waals surface area (Å²) < 4.78 is 11.6. The molecular formula is C37H60O6. The molecule has 0 aliphatic heterocycles. The summed E-state index contributed by atoms with van der Waals surface area (Å²) in [4.78, 5) is 35.2. The second-order valence-electron chi connectivity index (χ2n) is 17.3. The molecule has 5 fully saturated rings. The van der Waals surface area contributed by atoms with Crippen molar-refractivity contribution >= 4 is 17.9 Å². The van der Waals surface area contributed by atoms with Crippen molar-refractivity contribution in [1.29, 1.82) is 0 Å². The summed E-state index contributed by atoms with van der Waals surface area (Å²) in [5, 5.41) is 8.96. The average Bonchev–Trinajstić information content (AvgIpc) is 3.29. The van der Waals surface area contributed by atoms with Gasteiger partial charge in [-0.1, -0.05) is 48.5 Å². The summed E-state index contributed by atoms with van der Waals surface area (Å²) in [6, 6.07) is 0. The minimum atomic E-state index is -0.953. The van der Waals surface area contributed by atoms with Crippen LogP contribution in [0.5, 0.6) is 0 Å². The van der Waals surface area contributed by atoms with E-state index in [9.17, 15) is 14.4 Å². The molecule has 5 rings (SSSR count). The Kier molecular flexibility index (Phi) is 8.64. The van der Waals surface area contributed by atoms with E-state index >= 15 is 0 Å². The summed E-state index contributed by atoms with van der Waals surface area (Å²) in [6.45, 7) is 19.5. The Hall–Kier alpha value is -1.59. The Morgan fingerprint density at radius 2 is 1.53 bits per heavy atom. The summed E-state index contributed by atoms with van der Waals surface area (Å²) in [5.41, 5.74) is 1.03. The van der Waals surface area contributed by atoms with Crippen molar-refractivity contribution in [1.82, 2.24) is 0 Å². The maximum absolute atomic E-state index is 12.3. The molecule has 1 N–H and O–H groups in total. The molecule has 0 aromatic carbocycles. The lowest BCUT2D eigenvalue weighted by Gasteiger charge is -2.73. The fraction of sp³-hybridized carbons (Fsp3) is 0.919.